The van der Waals surface area contributed by atoms with Crippen LogP contribution in [-0.2, 0) is 9.59 Å². The molecule has 1 aromatic rings. The maximum atomic E-state index is 12.0. The third kappa shape index (κ3) is 6.60. The maximum absolute atomic E-state index is 12.0. The van der Waals surface area contributed by atoms with Crippen LogP contribution in [0.2, 0.25) is 5.02 Å². The average molecular weight is 313 g/mol. The molecule has 1 aromatic carbocycles. The van der Waals surface area contributed by atoms with Crippen molar-refractivity contribution in [3.8, 4) is 0 Å². The molecular formula is C15H23ClN3O2+. The molecule has 1 rings (SSSR count). The average Bonchev–Trinajstić information content (AvgIpc) is 2.32. The highest BCUT2D eigenvalue weighted by Gasteiger charge is 2.15. The SMILES string of the molecule is Cc1ccc(Cl)cc1NC(=O)C[NH+](C)CC(=O)NC(C)C. The molecule has 0 spiro atoms. The Labute approximate surface area is 130 Å². The molecule has 0 aliphatic carbocycles. The van der Waals surface area contributed by atoms with E-state index in [4.69, 9.17) is 11.6 Å². The number of anilines is 1. The van der Waals surface area contributed by atoms with Gasteiger partial charge in [0.25, 0.3) is 11.8 Å². The van der Waals surface area contributed by atoms with Gasteiger partial charge in [-0.15, -0.1) is 0 Å². The molecule has 6 heteroatoms. The fourth-order valence-electron chi connectivity index (χ4n) is 1.91. The number of hydrogen-bond acceptors (Lipinski definition) is 2. The first-order chi connectivity index (χ1) is 9.77. The van der Waals surface area contributed by atoms with Crippen molar-refractivity contribution in [2.45, 2.75) is 26.8 Å². The predicted octanol–water partition coefficient (Wildman–Crippen LogP) is 0.626. The Morgan fingerprint density at radius 1 is 1.24 bits per heavy atom. The van der Waals surface area contributed by atoms with Gasteiger partial charge in [0.15, 0.2) is 13.1 Å². The minimum atomic E-state index is -0.143. The summed E-state index contributed by atoms with van der Waals surface area (Å²) in [5, 5.41) is 6.20. The summed E-state index contributed by atoms with van der Waals surface area (Å²) in [6.07, 6.45) is 0. The molecule has 0 heterocycles. The molecule has 0 bridgehead atoms. The molecule has 3 N–H and O–H groups in total. The van der Waals surface area contributed by atoms with Crippen LogP contribution in [0, 0.1) is 6.92 Å². The predicted molar refractivity (Wildman–Crippen MR) is 84.7 cm³/mol. The van der Waals surface area contributed by atoms with Gasteiger partial charge in [-0.2, -0.15) is 0 Å². The Kier molecular flexibility index (Phi) is 6.65. The van der Waals surface area contributed by atoms with E-state index in [9.17, 15) is 9.59 Å². The second kappa shape index (κ2) is 8.00. The van der Waals surface area contributed by atoms with E-state index in [-0.39, 0.29) is 30.9 Å². The molecule has 2 amide bonds. The molecule has 0 saturated carbocycles. The standard InChI is InChI=1S/C15H22ClN3O2/c1-10(2)17-14(20)8-19(4)9-15(21)18-13-7-12(16)6-5-11(13)3/h5-7,10H,8-9H2,1-4H3,(H,17,20)(H,18,21)/p+1. The number of hydrogen-bond donors (Lipinski definition) is 3. The number of rotatable bonds is 6. The van der Waals surface area contributed by atoms with Gasteiger partial charge in [0, 0.05) is 16.8 Å². The number of nitrogens with one attached hydrogen (secondary N) is 3. The smallest absolute Gasteiger partial charge is 0.279 e. The van der Waals surface area contributed by atoms with Gasteiger partial charge in [-0.3, -0.25) is 9.59 Å². The Morgan fingerprint density at radius 2 is 1.86 bits per heavy atom. The molecule has 1 unspecified atom stereocenters. The minimum absolute atomic E-state index is 0.0609. The van der Waals surface area contributed by atoms with Gasteiger partial charge in [0.1, 0.15) is 0 Å². The van der Waals surface area contributed by atoms with Crippen LogP contribution >= 0.6 is 11.6 Å². The van der Waals surface area contributed by atoms with Crippen LogP contribution in [0.5, 0.6) is 0 Å². The molecule has 116 valence electrons. The molecule has 0 aromatic heterocycles. The van der Waals surface area contributed by atoms with Crippen LogP contribution in [0.3, 0.4) is 0 Å². The maximum Gasteiger partial charge on any atom is 0.279 e. The number of halogens is 1. The van der Waals surface area contributed by atoms with E-state index in [0.29, 0.717) is 10.7 Å². The fraction of sp³-hybridized carbons (Fsp3) is 0.467. The number of carbonyl (C=O) groups excluding carboxylic acids is 2. The van der Waals surface area contributed by atoms with Crippen molar-refractivity contribution >= 4 is 29.1 Å². The Morgan fingerprint density at radius 3 is 2.48 bits per heavy atom. The molecule has 0 aliphatic heterocycles. The third-order valence-electron chi connectivity index (χ3n) is 2.85. The van der Waals surface area contributed by atoms with E-state index < -0.39 is 0 Å². The molecular weight excluding hydrogens is 290 g/mol. The highest BCUT2D eigenvalue weighted by molar-refractivity contribution is 6.31. The number of aryl methyl sites for hydroxylation is 1. The molecule has 21 heavy (non-hydrogen) atoms. The molecule has 0 fully saturated rings. The summed E-state index contributed by atoms with van der Waals surface area (Å²) in [5.74, 6) is -0.204. The number of benzene rings is 1. The van der Waals surface area contributed by atoms with Crippen LogP contribution in [0.1, 0.15) is 19.4 Å². The van der Waals surface area contributed by atoms with Gasteiger partial charge in [0.05, 0.1) is 7.05 Å². The third-order valence-corrected chi connectivity index (χ3v) is 3.08. The topological polar surface area (TPSA) is 62.6 Å². The summed E-state index contributed by atoms with van der Waals surface area (Å²) in [7, 11) is 1.81. The molecule has 0 saturated heterocycles. The van der Waals surface area contributed by atoms with Crippen molar-refractivity contribution in [3.63, 3.8) is 0 Å². The minimum Gasteiger partial charge on any atom is -0.349 e. The normalized spacial score (nSPS) is 12.1. The summed E-state index contributed by atoms with van der Waals surface area (Å²) >= 11 is 5.91. The lowest BCUT2D eigenvalue weighted by atomic mass is 10.2. The second-order valence-electron chi connectivity index (χ2n) is 5.54. The van der Waals surface area contributed by atoms with E-state index in [1.807, 2.05) is 33.9 Å². The molecule has 1 atom stereocenters. The zero-order valence-corrected chi connectivity index (χ0v) is 13.7. The lowest BCUT2D eigenvalue weighted by Gasteiger charge is -2.15. The lowest BCUT2D eigenvalue weighted by Crippen LogP contribution is -3.11. The quantitative estimate of drug-likeness (QED) is 0.721. The van der Waals surface area contributed by atoms with E-state index in [0.717, 1.165) is 10.5 Å². The van der Waals surface area contributed by atoms with Crippen molar-refractivity contribution in [1.82, 2.24) is 5.32 Å². The number of quaternary nitrogens is 1. The summed E-state index contributed by atoms with van der Waals surface area (Å²) in [6.45, 7) is 6.19. The highest BCUT2D eigenvalue weighted by atomic mass is 35.5. The van der Waals surface area contributed by atoms with E-state index >= 15 is 0 Å². The Hall–Kier alpha value is -1.59. The first kappa shape index (κ1) is 17.5. The Bertz CT molecular complexity index is 518. The first-order valence-corrected chi connectivity index (χ1v) is 7.32. The van der Waals surface area contributed by atoms with Gasteiger partial charge < -0.3 is 15.5 Å². The van der Waals surface area contributed by atoms with Crippen LogP contribution in [0.4, 0.5) is 5.69 Å². The van der Waals surface area contributed by atoms with E-state index in [1.54, 1.807) is 12.1 Å². The van der Waals surface area contributed by atoms with Crippen molar-refractivity contribution in [2.75, 3.05) is 25.5 Å². The highest BCUT2D eigenvalue weighted by Crippen LogP contribution is 2.19. The van der Waals surface area contributed by atoms with Crippen LogP contribution in [0.25, 0.3) is 0 Å². The molecule has 5 nitrogen and oxygen atoms in total. The van der Waals surface area contributed by atoms with Crippen molar-refractivity contribution < 1.29 is 14.5 Å². The van der Waals surface area contributed by atoms with Gasteiger partial charge in [-0.25, -0.2) is 0 Å². The first-order valence-electron chi connectivity index (χ1n) is 6.94. The van der Waals surface area contributed by atoms with Crippen molar-refractivity contribution in [2.24, 2.45) is 0 Å². The zero-order chi connectivity index (χ0) is 16.0. The van der Waals surface area contributed by atoms with Gasteiger partial charge >= 0.3 is 0 Å². The van der Waals surface area contributed by atoms with E-state index in [2.05, 4.69) is 10.6 Å². The number of amides is 2. The summed E-state index contributed by atoms with van der Waals surface area (Å²) in [4.78, 5) is 24.4. The van der Waals surface area contributed by atoms with Crippen LogP contribution in [0.15, 0.2) is 18.2 Å². The summed E-state index contributed by atoms with van der Waals surface area (Å²) in [5.41, 5.74) is 1.65. The van der Waals surface area contributed by atoms with Gasteiger partial charge in [-0.05, 0) is 38.5 Å². The number of likely N-dealkylation sites (N-methyl/N-ethyl adjacent to an activating group) is 1. The zero-order valence-electron chi connectivity index (χ0n) is 12.9. The molecule has 0 radical (unpaired) electrons. The monoisotopic (exact) mass is 312 g/mol. The summed E-state index contributed by atoms with van der Waals surface area (Å²) < 4.78 is 0. The van der Waals surface area contributed by atoms with Gasteiger partial charge in [0.2, 0.25) is 0 Å². The second-order valence-corrected chi connectivity index (χ2v) is 5.98. The lowest BCUT2D eigenvalue weighted by molar-refractivity contribution is -0.862. The van der Waals surface area contributed by atoms with Crippen molar-refractivity contribution in [1.29, 1.82) is 0 Å². The van der Waals surface area contributed by atoms with Crippen LogP contribution in [-0.4, -0.2) is 38.0 Å². The van der Waals surface area contributed by atoms with Crippen molar-refractivity contribution in [3.05, 3.63) is 28.8 Å². The van der Waals surface area contributed by atoms with E-state index in [1.165, 1.54) is 0 Å². The van der Waals surface area contributed by atoms with Gasteiger partial charge in [-0.1, -0.05) is 17.7 Å². The summed E-state index contributed by atoms with van der Waals surface area (Å²) in [6, 6.07) is 5.45. The largest absolute Gasteiger partial charge is 0.349 e. The number of carbonyl (C=O) groups is 2. The van der Waals surface area contributed by atoms with Crippen LogP contribution < -0.4 is 15.5 Å². The molecule has 0 aliphatic rings. The fourth-order valence-corrected chi connectivity index (χ4v) is 2.08. The Balaban J connectivity index is 2.49.